The number of para-hydroxylation sites is 1. The molecule has 8 heteroatoms. The second kappa shape index (κ2) is 10.6. The van der Waals surface area contributed by atoms with Crippen molar-refractivity contribution in [2.75, 3.05) is 25.2 Å². The van der Waals surface area contributed by atoms with Gasteiger partial charge in [0.05, 0.1) is 19.4 Å². The number of hydrogen-bond acceptors (Lipinski definition) is 5. The Bertz CT molecular complexity index is 1410. The zero-order chi connectivity index (χ0) is 25.8. The summed E-state index contributed by atoms with van der Waals surface area (Å²) in [5, 5.41) is 14.0. The molecule has 0 spiro atoms. The summed E-state index contributed by atoms with van der Waals surface area (Å²) in [6.07, 6.45) is 2.04. The largest absolute Gasteiger partial charge is 0.497 e. The zero-order valence-electron chi connectivity index (χ0n) is 20.5. The molecule has 0 atom stereocenters. The van der Waals surface area contributed by atoms with Crippen LogP contribution in [0.4, 0.5) is 5.69 Å². The summed E-state index contributed by atoms with van der Waals surface area (Å²) in [7, 11) is 1.57. The summed E-state index contributed by atoms with van der Waals surface area (Å²) in [4.78, 5) is 27.3. The molecule has 0 saturated heterocycles. The smallest absolute Gasteiger partial charge is 0.356 e. The van der Waals surface area contributed by atoms with Crippen molar-refractivity contribution >= 4 is 17.6 Å². The molecule has 0 aliphatic carbocycles. The Morgan fingerprint density at radius 3 is 2.49 bits per heavy atom. The number of carboxylic acids is 1. The standard InChI is InChI=1S/C29H27N3O5/c1-36-23-14-12-21(13-15-23)32-27-25(26(30-32)29(34)35)16-17-31(28(27)33)22-9-5-7-20(19-22)8-6-18-37-24-10-3-2-4-11-24/h2-5,7,9-15,19H,6,8,16-18H2,1H3,(H,34,35). The minimum Gasteiger partial charge on any atom is -0.497 e. The van der Waals surface area contributed by atoms with Crippen molar-refractivity contribution in [1.29, 1.82) is 0 Å². The quantitative estimate of drug-likeness (QED) is 0.334. The topological polar surface area (TPSA) is 93.9 Å². The van der Waals surface area contributed by atoms with Crippen molar-refractivity contribution in [3.05, 3.63) is 101 Å². The first-order chi connectivity index (χ1) is 18.0. The van der Waals surface area contributed by atoms with Crippen LogP contribution in [-0.2, 0) is 12.8 Å². The molecule has 2 heterocycles. The summed E-state index contributed by atoms with van der Waals surface area (Å²) < 4.78 is 12.4. The van der Waals surface area contributed by atoms with Gasteiger partial charge in [-0.3, -0.25) is 4.79 Å². The number of aryl methyl sites for hydroxylation is 1. The van der Waals surface area contributed by atoms with Crippen molar-refractivity contribution in [2.24, 2.45) is 0 Å². The Morgan fingerprint density at radius 1 is 0.973 bits per heavy atom. The van der Waals surface area contributed by atoms with Gasteiger partial charge >= 0.3 is 5.97 Å². The molecule has 5 rings (SSSR count). The summed E-state index contributed by atoms with van der Waals surface area (Å²) in [5.74, 6) is 0.0773. The van der Waals surface area contributed by atoms with Gasteiger partial charge in [0, 0.05) is 17.8 Å². The van der Waals surface area contributed by atoms with E-state index < -0.39 is 5.97 Å². The van der Waals surface area contributed by atoms with Crippen LogP contribution >= 0.6 is 0 Å². The molecule has 188 valence electrons. The van der Waals surface area contributed by atoms with E-state index in [2.05, 4.69) is 5.10 Å². The van der Waals surface area contributed by atoms with Gasteiger partial charge in [-0.05, 0) is 73.4 Å². The normalized spacial score (nSPS) is 12.8. The van der Waals surface area contributed by atoms with Crippen LogP contribution in [0.25, 0.3) is 5.69 Å². The molecule has 1 aliphatic heterocycles. The highest BCUT2D eigenvalue weighted by Crippen LogP contribution is 2.30. The van der Waals surface area contributed by atoms with E-state index in [-0.39, 0.29) is 17.3 Å². The third-order valence-electron chi connectivity index (χ3n) is 6.38. The number of carboxylic acid groups (broad SMARTS) is 1. The van der Waals surface area contributed by atoms with E-state index in [9.17, 15) is 14.7 Å². The summed E-state index contributed by atoms with van der Waals surface area (Å²) in [6.45, 7) is 0.972. The predicted octanol–water partition coefficient (Wildman–Crippen LogP) is 4.79. The number of fused-ring (bicyclic) bond motifs is 1. The lowest BCUT2D eigenvalue weighted by molar-refractivity contribution is 0.0688. The summed E-state index contributed by atoms with van der Waals surface area (Å²) >= 11 is 0. The Kier molecular flexibility index (Phi) is 6.89. The van der Waals surface area contributed by atoms with Gasteiger partial charge in [-0.25, -0.2) is 9.48 Å². The molecular weight excluding hydrogens is 470 g/mol. The Morgan fingerprint density at radius 2 is 1.76 bits per heavy atom. The van der Waals surface area contributed by atoms with E-state index in [1.54, 1.807) is 36.3 Å². The van der Waals surface area contributed by atoms with Gasteiger partial charge in [-0.2, -0.15) is 5.10 Å². The number of benzene rings is 3. The highest BCUT2D eigenvalue weighted by atomic mass is 16.5. The van der Waals surface area contributed by atoms with Crippen LogP contribution in [0, 0.1) is 0 Å². The van der Waals surface area contributed by atoms with Gasteiger partial charge in [0.2, 0.25) is 0 Å². The second-order valence-corrected chi connectivity index (χ2v) is 8.73. The van der Waals surface area contributed by atoms with Crippen LogP contribution < -0.4 is 14.4 Å². The van der Waals surface area contributed by atoms with Crippen molar-refractivity contribution < 1.29 is 24.2 Å². The van der Waals surface area contributed by atoms with Crippen LogP contribution in [-0.4, -0.2) is 47.0 Å². The maximum atomic E-state index is 13.7. The van der Waals surface area contributed by atoms with E-state index in [0.717, 1.165) is 29.8 Å². The first kappa shape index (κ1) is 24.1. The van der Waals surface area contributed by atoms with E-state index in [4.69, 9.17) is 9.47 Å². The predicted molar refractivity (Wildman–Crippen MR) is 139 cm³/mol. The molecular formula is C29H27N3O5. The van der Waals surface area contributed by atoms with E-state index in [1.807, 2.05) is 54.6 Å². The molecule has 1 aliphatic rings. The number of methoxy groups -OCH3 is 1. The molecule has 0 unspecified atom stereocenters. The van der Waals surface area contributed by atoms with Gasteiger partial charge in [0.15, 0.2) is 5.69 Å². The molecule has 1 N–H and O–H groups in total. The van der Waals surface area contributed by atoms with E-state index in [1.165, 1.54) is 4.68 Å². The number of rotatable bonds is 9. The molecule has 0 radical (unpaired) electrons. The molecule has 4 aromatic rings. The average molecular weight is 498 g/mol. The third kappa shape index (κ3) is 5.04. The first-order valence-electron chi connectivity index (χ1n) is 12.1. The fourth-order valence-corrected chi connectivity index (χ4v) is 4.55. The fourth-order valence-electron chi connectivity index (χ4n) is 4.55. The lowest BCUT2D eigenvalue weighted by Crippen LogP contribution is -2.39. The van der Waals surface area contributed by atoms with Gasteiger partial charge in [-0.1, -0.05) is 30.3 Å². The Hall–Kier alpha value is -4.59. The van der Waals surface area contributed by atoms with Crippen LogP contribution in [0.1, 0.15) is 38.5 Å². The lowest BCUT2D eigenvalue weighted by Gasteiger charge is -2.28. The molecule has 1 amide bonds. The number of aromatic nitrogens is 2. The summed E-state index contributed by atoms with van der Waals surface area (Å²) in [6, 6.07) is 24.6. The maximum absolute atomic E-state index is 13.7. The van der Waals surface area contributed by atoms with Crippen LogP contribution in [0.3, 0.4) is 0 Å². The number of hydrogen-bond donors (Lipinski definition) is 1. The first-order valence-corrected chi connectivity index (χ1v) is 12.1. The van der Waals surface area contributed by atoms with Crippen LogP contribution in [0.2, 0.25) is 0 Å². The van der Waals surface area contributed by atoms with Gasteiger partial charge in [0.25, 0.3) is 5.91 Å². The highest BCUT2D eigenvalue weighted by Gasteiger charge is 2.35. The van der Waals surface area contributed by atoms with Gasteiger partial charge < -0.3 is 19.5 Å². The number of anilines is 1. The highest BCUT2D eigenvalue weighted by molar-refractivity contribution is 6.09. The second-order valence-electron chi connectivity index (χ2n) is 8.73. The number of carbonyl (C=O) groups is 2. The van der Waals surface area contributed by atoms with Crippen molar-refractivity contribution in [1.82, 2.24) is 9.78 Å². The van der Waals surface area contributed by atoms with Crippen LogP contribution in [0.15, 0.2) is 78.9 Å². The number of carbonyl (C=O) groups excluding carboxylic acids is 1. The maximum Gasteiger partial charge on any atom is 0.356 e. The SMILES string of the molecule is COc1ccc(-n2nc(C(=O)O)c3c2C(=O)N(c2cccc(CCCOc4ccccc4)c2)CC3)cc1. The molecule has 8 nitrogen and oxygen atoms in total. The van der Waals surface area contributed by atoms with Gasteiger partial charge in [0.1, 0.15) is 17.2 Å². The Labute approximate surface area is 214 Å². The number of ether oxygens (including phenoxy) is 2. The molecule has 0 saturated carbocycles. The average Bonchev–Trinajstić information content (AvgIpc) is 3.33. The molecule has 0 bridgehead atoms. The monoisotopic (exact) mass is 497 g/mol. The molecule has 37 heavy (non-hydrogen) atoms. The number of aromatic carboxylic acids is 1. The van der Waals surface area contributed by atoms with Crippen molar-refractivity contribution in [3.63, 3.8) is 0 Å². The van der Waals surface area contributed by atoms with Crippen molar-refractivity contribution in [3.8, 4) is 17.2 Å². The van der Waals surface area contributed by atoms with E-state index in [0.29, 0.717) is 36.6 Å². The van der Waals surface area contributed by atoms with Crippen LogP contribution in [0.5, 0.6) is 11.5 Å². The van der Waals surface area contributed by atoms with Gasteiger partial charge in [-0.15, -0.1) is 0 Å². The lowest BCUT2D eigenvalue weighted by atomic mass is 10.0. The minimum absolute atomic E-state index is 0.0917. The minimum atomic E-state index is -1.15. The Balaban J connectivity index is 1.36. The van der Waals surface area contributed by atoms with E-state index >= 15 is 0 Å². The molecule has 0 fully saturated rings. The molecule has 1 aromatic heterocycles. The fraction of sp³-hybridized carbons (Fsp3) is 0.207. The number of amides is 1. The van der Waals surface area contributed by atoms with Crippen molar-refractivity contribution in [2.45, 2.75) is 19.3 Å². The molecule has 3 aromatic carbocycles. The third-order valence-corrected chi connectivity index (χ3v) is 6.38. The number of nitrogens with zero attached hydrogens (tertiary/aromatic N) is 3. The summed E-state index contributed by atoms with van der Waals surface area (Å²) in [5.41, 5.74) is 3.10. The zero-order valence-corrected chi connectivity index (χ0v) is 20.5.